The van der Waals surface area contributed by atoms with Gasteiger partial charge in [0.05, 0.1) is 0 Å². The van der Waals surface area contributed by atoms with Crippen molar-refractivity contribution in [2.24, 2.45) is 11.7 Å². The van der Waals surface area contributed by atoms with Crippen molar-refractivity contribution in [2.75, 3.05) is 20.1 Å². The Bertz CT molecular complexity index is 360. The van der Waals surface area contributed by atoms with Crippen LogP contribution in [0.5, 0.6) is 0 Å². The Morgan fingerprint density at radius 3 is 2.11 bits per heavy atom. The molecule has 2 N–H and O–H groups in total. The summed E-state index contributed by atoms with van der Waals surface area (Å²) in [7, 11) is 2.14. The molecule has 0 aliphatic carbocycles. The highest BCUT2D eigenvalue weighted by Crippen LogP contribution is 2.10. The molecule has 0 spiro atoms. The summed E-state index contributed by atoms with van der Waals surface area (Å²) in [5.41, 5.74) is 8.77. The van der Waals surface area contributed by atoms with Gasteiger partial charge in [-0.25, -0.2) is 0 Å². The minimum absolute atomic E-state index is 0.115. The number of benzene rings is 1. The van der Waals surface area contributed by atoms with Gasteiger partial charge < -0.3 is 10.6 Å². The number of rotatable bonds is 7. The fourth-order valence-electron chi connectivity index (χ4n) is 2.41. The Morgan fingerprint density at radius 2 is 1.63 bits per heavy atom. The molecular weight excluding hydrogens is 232 g/mol. The quantitative estimate of drug-likeness (QED) is 0.818. The second-order valence-corrected chi connectivity index (χ2v) is 6.89. The molecule has 1 rings (SSSR count). The van der Waals surface area contributed by atoms with Gasteiger partial charge >= 0.3 is 0 Å². The van der Waals surface area contributed by atoms with E-state index in [1.807, 2.05) is 0 Å². The van der Waals surface area contributed by atoms with Crippen LogP contribution < -0.4 is 5.73 Å². The Labute approximate surface area is 119 Å². The van der Waals surface area contributed by atoms with Crippen LogP contribution in [0.25, 0.3) is 0 Å². The Balaban J connectivity index is 2.41. The van der Waals surface area contributed by atoms with Gasteiger partial charge in [-0.05, 0) is 50.8 Å². The fraction of sp³-hybridized carbons (Fsp3) is 0.647. The normalized spacial score (nSPS) is 12.4. The summed E-state index contributed by atoms with van der Waals surface area (Å²) in [5, 5.41) is 0. The van der Waals surface area contributed by atoms with E-state index < -0.39 is 0 Å². The maximum absolute atomic E-state index is 6.03. The lowest BCUT2D eigenvalue weighted by Crippen LogP contribution is -2.44. The van der Waals surface area contributed by atoms with E-state index in [1.54, 1.807) is 0 Å². The predicted octanol–water partition coefficient (Wildman–Crippen LogP) is 3.10. The number of nitrogens with zero attached hydrogens (tertiary/aromatic N) is 1. The first-order valence-corrected chi connectivity index (χ1v) is 7.31. The molecule has 0 aliphatic rings. The van der Waals surface area contributed by atoms with Crippen LogP contribution in [-0.4, -0.2) is 30.6 Å². The van der Waals surface area contributed by atoms with E-state index in [9.17, 15) is 0 Å². The molecule has 0 amide bonds. The average Bonchev–Trinajstić information content (AvgIpc) is 2.25. The molecule has 1 aromatic carbocycles. The summed E-state index contributed by atoms with van der Waals surface area (Å²) >= 11 is 0. The third-order valence-corrected chi connectivity index (χ3v) is 3.13. The maximum Gasteiger partial charge on any atom is 0.0225 e. The molecule has 0 aromatic heterocycles. The van der Waals surface area contributed by atoms with E-state index in [0.29, 0.717) is 0 Å². The van der Waals surface area contributed by atoms with Gasteiger partial charge in [0.15, 0.2) is 0 Å². The first-order valence-electron chi connectivity index (χ1n) is 7.31. The summed E-state index contributed by atoms with van der Waals surface area (Å²) in [6.45, 7) is 10.7. The molecule has 0 fully saturated rings. The third-order valence-electron chi connectivity index (χ3n) is 3.13. The minimum Gasteiger partial charge on any atom is -0.324 e. The zero-order chi connectivity index (χ0) is 14.5. The molecule has 2 nitrogen and oxygen atoms in total. The average molecular weight is 262 g/mol. The summed E-state index contributed by atoms with van der Waals surface area (Å²) in [4.78, 5) is 2.31. The molecule has 0 heterocycles. The molecule has 0 radical (unpaired) electrons. The van der Waals surface area contributed by atoms with E-state index in [2.05, 4.69) is 63.9 Å². The van der Waals surface area contributed by atoms with E-state index in [0.717, 1.165) is 25.4 Å². The van der Waals surface area contributed by atoms with E-state index in [1.165, 1.54) is 17.5 Å². The van der Waals surface area contributed by atoms with Gasteiger partial charge in [-0.15, -0.1) is 0 Å². The van der Waals surface area contributed by atoms with Crippen molar-refractivity contribution in [2.45, 2.75) is 46.1 Å². The van der Waals surface area contributed by atoms with Gasteiger partial charge in [-0.3, -0.25) is 0 Å². The highest BCUT2D eigenvalue weighted by atomic mass is 15.1. The number of hydrogen-bond donors (Lipinski definition) is 1. The molecule has 19 heavy (non-hydrogen) atoms. The lowest BCUT2D eigenvalue weighted by Gasteiger charge is -2.26. The molecule has 108 valence electrons. The van der Waals surface area contributed by atoms with Crippen LogP contribution in [0.15, 0.2) is 24.3 Å². The van der Waals surface area contributed by atoms with Crippen molar-refractivity contribution in [3.05, 3.63) is 35.4 Å². The fourth-order valence-corrected chi connectivity index (χ4v) is 2.41. The van der Waals surface area contributed by atoms with Gasteiger partial charge in [-0.1, -0.05) is 38.1 Å². The molecule has 0 bridgehead atoms. The van der Waals surface area contributed by atoms with Crippen molar-refractivity contribution in [1.82, 2.24) is 4.90 Å². The summed E-state index contributed by atoms with van der Waals surface area (Å²) in [6, 6.07) is 9.06. The highest BCUT2D eigenvalue weighted by molar-refractivity contribution is 5.23. The van der Waals surface area contributed by atoms with Crippen LogP contribution in [-0.2, 0) is 12.8 Å². The number of hydrogen-bond acceptors (Lipinski definition) is 2. The van der Waals surface area contributed by atoms with Crippen LogP contribution in [0.3, 0.4) is 0 Å². The smallest absolute Gasteiger partial charge is 0.0225 e. The monoisotopic (exact) mass is 262 g/mol. The van der Waals surface area contributed by atoms with Crippen molar-refractivity contribution < 1.29 is 0 Å². The Morgan fingerprint density at radius 1 is 1.11 bits per heavy atom. The molecule has 0 aliphatic heterocycles. The van der Waals surface area contributed by atoms with Crippen LogP contribution in [0.1, 0.15) is 38.8 Å². The SMILES string of the molecule is CC(C)Cc1ccc(CCN(C)CC(C)(C)N)cc1. The molecule has 2 heteroatoms. The first kappa shape index (κ1) is 16.2. The first-order chi connectivity index (χ1) is 8.76. The van der Waals surface area contributed by atoms with Crippen molar-refractivity contribution in [3.63, 3.8) is 0 Å². The maximum atomic E-state index is 6.03. The summed E-state index contributed by atoms with van der Waals surface area (Å²) in [6.07, 6.45) is 2.26. The number of nitrogens with two attached hydrogens (primary N) is 1. The minimum atomic E-state index is -0.115. The molecule has 0 saturated carbocycles. The van der Waals surface area contributed by atoms with Crippen molar-refractivity contribution in [3.8, 4) is 0 Å². The molecular formula is C17H30N2. The lowest BCUT2D eigenvalue weighted by molar-refractivity contribution is 0.273. The molecule has 0 atom stereocenters. The molecule has 1 aromatic rings. The Hall–Kier alpha value is -0.860. The second-order valence-electron chi connectivity index (χ2n) is 6.89. The zero-order valence-corrected chi connectivity index (χ0v) is 13.2. The standard InChI is InChI=1S/C17H30N2/c1-14(2)12-16-8-6-15(7-9-16)10-11-19(5)13-17(3,4)18/h6-9,14H,10-13,18H2,1-5H3. The van der Waals surface area contributed by atoms with Gasteiger partial charge in [0.25, 0.3) is 0 Å². The van der Waals surface area contributed by atoms with Gasteiger partial charge in [-0.2, -0.15) is 0 Å². The highest BCUT2D eigenvalue weighted by Gasteiger charge is 2.13. The van der Waals surface area contributed by atoms with Gasteiger partial charge in [0, 0.05) is 18.6 Å². The van der Waals surface area contributed by atoms with Gasteiger partial charge in [0.2, 0.25) is 0 Å². The van der Waals surface area contributed by atoms with Crippen LogP contribution in [0, 0.1) is 5.92 Å². The lowest BCUT2D eigenvalue weighted by atomic mass is 10.0. The van der Waals surface area contributed by atoms with Gasteiger partial charge in [0.1, 0.15) is 0 Å². The van der Waals surface area contributed by atoms with E-state index in [-0.39, 0.29) is 5.54 Å². The predicted molar refractivity (Wildman–Crippen MR) is 84.5 cm³/mol. The third kappa shape index (κ3) is 7.34. The van der Waals surface area contributed by atoms with Crippen LogP contribution in [0.4, 0.5) is 0 Å². The van der Waals surface area contributed by atoms with Crippen LogP contribution in [0.2, 0.25) is 0 Å². The van der Waals surface area contributed by atoms with E-state index >= 15 is 0 Å². The van der Waals surface area contributed by atoms with E-state index in [4.69, 9.17) is 5.73 Å². The molecule has 0 unspecified atom stereocenters. The zero-order valence-electron chi connectivity index (χ0n) is 13.2. The molecule has 0 saturated heterocycles. The summed E-state index contributed by atoms with van der Waals surface area (Å²) in [5.74, 6) is 0.726. The number of likely N-dealkylation sites (N-methyl/N-ethyl adjacent to an activating group) is 1. The largest absolute Gasteiger partial charge is 0.324 e. The van der Waals surface area contributed by atoms with Crippen molar-refractivity contribution >= 4 is 0 Å². The summed E-state index contributed by atoms with van der Waals surface area (Å²) < 4.78 is 0. The van der Waals surface area contributed by atoms with Crippen molar-refractivity contribution in [1.29, 1.82) is 0 Å². The van der Waals surface area contributed by atoms with Crippen LogP contribution >= 0.6 is 0 Å². The topological polar surface area (TPSA) is 29.3 Å². The second kappa shape index (κ2) is 7.06. The Kier molecular flexibility index (Phi) is 6.02.